The average molecular weight is 224 g/mol. The van der Waals surface area contributed by atoms with E-state index in [9.17, 15) is 9.90 Å². The van der Waals surface area contributed by atoms with Crippen LogP contribution in [0.2, 0.25) is 0 Å². The molecule has 1 aromatic rings. The van der Waals surface area contributed by atoms with Crippen LogP contribution >= 0.6 is 0 Å². The number of carbonyl (C=O) groups excluding carboxylic acids is 1. The second kappa shape index (κ2) is 5.63. The van der Waals surface area contributed by atoms with E-state index in [0.29, 0.717) is 30.8 Å². The van der Waals surface area contributed by atoms with Crippen molar-refractivity contribution in [2.24, 2.45) is 0 Å². The van der Waals surface area contributed by atoms with Gasteiger partial charge in [-0.15, -0.1) is 0 Å². The summed E-state index contributed by atoms with van der Waals surface area (Å²) in [6, 6.07) is 6.91. The highest BCUT2D eigenvalue weighted by Gasteiger charge is 2.25. The molecule has 4 nitrogen and oxygen atoms in total. The molecule has 1 N–H and O–H groups in total. The molecule has 0 saturated carbocycles. The topological polar surface area (TPSA) is 55.8 Å². The third-order valence-corrected chi connectivity index (χ3v) is 2.21. The molecule has 0 aliphatic heterocycles. The summed E-state index contributed by atoms with van der Waals surface area (Å²) in [5, 5.41) is 9.85. The fraction of sp³-hybridized carbons (Fsp3) is 0.417. The first-order valence-electron chi connectivity index (χ1n) is 5.02. The lowest BCUT2D eigenvalue weighted by atomic mass is 9.97. The van der Waals surface area contributed by atoms with Gasteiger partial charge in [0.1, 0.15) is 18.0 Å². The minimum atomic E-state index is -1.52. The van der Waals surface area contributed by atoms with Gasteiger partial charge in [0.2, 0.25) is 0 Å². The van der Waals surface area contributed by atoms with E-state index in [0.717, 1.165) is 0 Å². The van der Waals surface area contributed by atoms with Gasteiger partial charge in [-0.25, -0.2) is 0 Å². The summed E-state index contributed by atoms with van der Waals surface area (Å²) in [7, 11) is 1.58. The molecule has 1 unspecified atom stereocenters. The van der Waals surface area contributed by atoms with Crippen molar-refractivity contribution in [1.82, 2.24) is 0 Å². The van der Waals surface area contributed by atoms with Gasteiger partial charge < -0.3 is 14.6 Å². The molecule has 16 heavy (non-hydrogen) atoms. The molecule has 0 amide bonds. The van der Waals surface area contributed by atoms with E-state index in [1.807, 2.05) is 0 Å². The number of carbonyl (C=O) groups is 1. The molecule has 0 aliphatic carbocycles. The van der Waals surface area contributed by atoms with Crippen molar-refractivity contribution in [2.45, 2.75) is 12.5 Å². The van der Waals surface area contributed by atoms with Crippen molar-refractivity contribution in [3.05, 3.63) is 29.8 Å². The molecule has 88 valence electrons. The number of benzene rings is 1. The monoisotopic (exact) mass is 224 g/mol. The van der Waals surface area contributed by atoms with E-state index < -0.39 is 5.60 Å². The van der Waals surface area contributed by atoms with Crippen LogP contribution in [-0.4, -0.2) is 31.7 Å². The fourth-order valence-electron chi connectivity index (χ4n) is 1.31. The van der Waals surface area contributed by atoms with Crippen LogP contribution < -0.4 is 4.74 Å². The minimum Gasteiger partial charge on any atom is -0.491 e. The number of aliphatic hydroxyl groups is 1. The van der Waals surface area contributed by atoms with E-state index in [1.54, 1.807) is 31.4 Å². The van der Waals surface area contributed by atoms with Gasteiger partial charge >= 0.3 is 0 Å². The van der Waals surface area contributed by atoms with E-state index in [-0.39, 0.29) is 0 Å². The van der Waals surface area contributed by atoms with Crippen LogP contribution in [0.1, 0.15) is 12.5 Å². The molecule has 1 aromatic carbocycles. The highest BCUT2D eigenvalue weighted by atomic mass is 16.5. The second-order valence-corrected chi connectivity index (χ2v) is 3.60. The molecular formula is C12H16O4. The number of hydrogen-bond donors (Lipinski definition) is 1. The summed E-state index contributed by atoms with van der Waals surface area (Å²) in [5.41, 5.74) is -1.06. The van der Waals surface area contributed by atoms with Gasteiger partial charge in [-0.05, 0) is 13.0 Å². The number of methoxy groups -OCH3 is 1. The smallest absolute Gasteiger partial charge is 0.155 e. The maximum Gasteiger partial charge on any atom is 0.155 e. The van der Waals surface area contributed by atoms with Crippen LogP contribution in [0, 0.1) is 0 Å². The SMILES string of the molecule is COCCOc1ccccc1C(C)(O)C=O. The molecule has 0 aliphatic rings. The van der Waals surface area contributed by atoms with Crippen molar-refractivity contribution in [3.63, 3.8) is 0 Å². The van der Waals surface area contributed by atoms with Gasteiger partial charge in [-0.2, -0.15) is 0 Å². The molecule has 0 bridgehead atoms. The maximum atomic E-state index is 10.8. The Hall–Kier alpha value is -1.39. The summed E-state index contributed by atoms with van der Waals surface area (Å²) in [5.74, 6) is 0.497. The van der Waals surface area contributed by atoms with Gasteiger partial charge in [0, 0.05) is 12.7 Å². The molecule has 1 atom stereocenters. The van der Waals surface area contributed by atoms with Crippen LogP contribution in [-0.2, 0) is 15.1 Å². The van der Waals surface area contributed by atoms with Gasteiger partial charge in [-0.3, -0.25) is 4.79 Å². The van der Waals surface area contributed by atoms with Crippen molar-refractivity contribution in [1.29, 1.82) is 0 Å². The third kappa shape index (κ3) is 3.05. The number of para-hydroxylation sites is 1. The molecule has 0 radical (unpaired) electrons. The molecule has 4 heteroatoms. The summed E-state index contributed by atoms with van der Waals surface area (Å²) in [4.78, 5) is 10.8. The quantitative estimate of drug-likeness (QED) is 0.581. The normalized spacial score (nSPS) is 14.2. The summed E-state index contributed by atoms with van der Waals surface area (Å²) in [6.07, 6.45) is 0.492. The highest BCUT2D eigenvalue weighted by Crippen LogP contribution is 2.28. The third-order valence-electron chi connectivity index (χ3n) is 2.21. The Kier molecular flexibility index (Phi) is 4.46. The molecule has 0 fully saturated rings. The lowest BCUT2D eigenvalue weighted by Crippen LogP contribution is -2.24. The maximum absolute atomic E-state index is 10.8. The van der Waals surface area contributed by atoms with Crippen molar-refractivity contribution < 1.29 is 19.4 Å². The Morgan fingerprint density at radius 1 is 1.38 bits per heavy atom. The van der Waals surface area contributed by atoms with Gasteiger partial charge in [-0.1, -0.05) is 18.2 Å². The molecule has 0 heterocycles. The van der Waals surface area contributed by atoms with Crippen LogP contribution in [0.4, 0.5) is 0 Å². The molecule has 0 spiro atoms. The summed E-state index contributed by atoms with van der Waals surface area (Å²) >= 11 is 0. The van der Waals surface area contributed by atoms with E-state index in [1.165, 1.54) is 6.92 Å². The Labute approximate surface area is 94.8 Å². The molecule has 0 saturated heterocycles. The van der Waals surface area contributed by atoms with E-state index in [4.69, 9.17) is 9.47 Å². The zero-order chi connectivity index (χ0) is 12.0. The first-order chi connectivity index (χ1) is 7.61. The first kappa shape index (κ1) is 12.7. The predicted octanol–water partition coefficient (Wildman–Crippen LogP) is 1.12. The first-order valence-corrected chi connectivity index (χ1v) is 5.02. The molecule has 1 rings (SSSR count). The van der Waals surface area contributed by atoms with Crippen LogP contribution in [0.3, 0.4) is 0 Å². The molecular weight excluding hydrogens is 208 g/mol. The zero-order valence-electron chi connectivity index (χ0n) is 9.47. The second-order valence-electron chi connectivity index (χ2n) is 3.60. The van der Waals surface area contributed by atoms with Crippen molar-refractivity contribution in [3.8, 4) is 5.75 Å². The van der Waals surface area contributed by atoms with Gasteiger partial charge in [0.15, 0.2) is 6.29 Å². The number of ether oxygens (including phenoxy) is 2. The Balaban J connectivity index is 2.87. The minimum absolute atomic E-state index is 0.377. The Morgan fingerprint density at radius 2 is 2.06 bits per heavy atom. The predicted molar refractivity (Wildman–Crippen MR) is 59.4 cm³/mol. The Bertz CT molecular complexity index is 347. The lowest BCUT2D eigenvalue weighted by molar-refractivity contribution is -0.123. The standard InChI is InChI=1S/C12H16O4/c1-12(14,9-13)10-5-3-4-6-11(10)16-8-7-15-2/h3-6,9,14H,7-8H2,1-2H3. The van der Waals surface area contributed by atoms with Gasteiger partial charge in [0.25, 0.3) is 0 Å². The van der Waals surface area contributed by atoms with Crippen LogP contribution in [0.5, 0.6) is 5.75 Å². The fourth-order valence-corrected chi connectivity index (χ4v) is 1.31. The zero-order valence-corrected chi connectivity index (χ0v) is 9.47. The average Bonchev–Trinajstić information content (AvgIpc) is 2.30. The van der Waals surface area contributed by atoms with Crippen molar-refractivity contribution in [2.75, 3.05) is 20.3 Å². The Morgan fingerprint density at radius 3 is 2.69 bits per heavy atom. The van der Waals surface area contributed by atoms with E-state index in [2.05, 4.69) is 0 Å². The highest BCUT2D eigenvalue weighted by molar-refractivity contribution is 5.67. The number of rotatable bonds is 6. The largest absolute Gasteiger partial charge is 0.491 e. The number of aldehydes is 1. The van der Waals surface area contributed by atoms with Crippen LogP contribution in [0.25, 0.3) is 0 Å². The molecule has 0 aromatic heterocycles. The van der Waals surface area contributed by atoms with E-state index >= 15 is 0 Å². The summed E-state index contributed by atoms with van der Waals surface area (Å²) < 4.78 is 10.3. The number of hydrogen-bond acceptors (Lipinski definition) is 4. The summed E-state index contributed by atoms with van der Waals surface area (Å²) in [6.45, 7) is 2.26. The van der Waals surface area contributed by atoms with Crippen molar-refractivity contribution >= 4 is 6.29 Å². The lowest BCUT2D eigenvalue weighted by Gasteiger charge is -2.20. The van der Waals surface area contributed by atoms with Gasteiger partial charge in [0.05, 0.1) is 6.61 Å². The van der Waals surface area contributed by atoms with Crippen LogP contribution in [0.15, 0.2) is 24.3 Å².